The minimum absolute atomic E-state index is 0.512. The second-order valence-corrected chi connectivity index (χ2v) is 6.87. The molecule has 0 aliphatic rings. The van der Waals surface area contributed by atoms with Gasteiger partial charge in [0.05, 0.1) is 0 Å². The summed E-state index contributed by atoms with van der Waals surface area (Å²) in [6, 6.07) is 0. The zero-order valence-corrected chi connectivity index (χ0v) is 13.1. The smallest absolute Gasteiger partial charge is 0.000527 e. The summed E-state index contributed by atoms with van der Waals surface area (Å²) in [6.07, 6.45) is 6.81. The summed E-state index contributed by atoms with van der Waals surface area (Å²) >= 11 is 0. The van der Waals surface area contributed by atoms with Crippen molar-refractivity contribution in [3.05, 3.63) is 0 Å². The van der Waals surface area contributed by atoms with Gasteiger partial charge in [-0.05, 0) is 36.6 Å². The second kappa shape index (κ2) is 8.97. The third-order valence-corrected chi connectivity index (χ3v) is 3.52. The van der Waals surface area contributed by atoms with Crippen molar-refractivity contribution < 1.29 is 0 Å². The van der Waals surface area contributed by atoms with Gasteiger partial charge in [0.1, 0.15) is 0 Å². The maximum atomic E-state index is 3.65. The summed E-state index contributed by atoms with van der Waals surface area (Å²) in [4.78, 5) is 0. The lowest BCUT2D eigenvalue weighted by Crippen LogP contribution is -2.34. The first kappa shape index (κ1) is 17.0. The van der Waals surface area contributed by atoms with Gasteiger partial charge in [-0.25, -0.2) is 0 Å². The van der Waals surface area contributed by atoms with Crippen molar-refractivity contribution in [1.29, 1.82) is 0 Å². The van der Waals surface area contributed by atoms with E-state index in [2.05, 4.69) is 46.9 Å². The van der Waals surface area contributed by atoms with Crippen molar-refractivity contribution in [2.24, 2.45) is 17.3 Å². The molecule has 0 aliphatic heterocycles. The highest BCUT2D eigenvalue weighted by Gasteiger charge is 2.22. The molecule has 0 spiro atoms. The van der Waals surface area contributed by atoms with Crippen LogP contribution in [-0.2, 0) is 0 Å². The fraction of sp³-hybridized carbons (Fsp3) is 1.00. The molecule has 17 heavy (non-hydrogen) atoms. The van der Waals surface area contributed by atoms with Crippen LogP contribution in [0.5, 0.6) is 0 Å². The predicted octanol–water partition coefficient (Wildman–Crippen LogP) is 4.86. The fourth-order valence-electron chi connectivity index (χ4n) is 2.51. The van der Waals surface area contributed by atoms with Crippen LogP contribution in [0, 0.1) is 17.3 Å². The largest absolute Gasteiger partial charge is 0.316 e. The van der Waals surface area contributed by atoms with Gasteiger partial charge in [-0.15, -0.1) is 0 Å². The monoisotopic (exact) mass is 241 g/mol. The van der Waals surface area contributed by atoms with Gasteiger partial charge in [-0.2, -0.15) is 0 Å². The third kappa shape index (κ3) is 9.64. The number of hydrogen-bond donors (Lipinski definition) is 1. The van der Waals surface area contributed by atoms with E-state index in [-0.39, 0.29) is 0 Å². The minimum atomic E-state index is 0.512. The molecule has 0 saturated carbocycles. The Hall–Kier alpha value is -0.0400. The van der Waals surface area contributed by atoms with Crippen molar-refractivity contribution in [2.75, 3.05) is 13.1 Å². The van der Waals surface area contributed by atoms with Gasteiger partial charge in [0.25, 0.3) is 0 Å². The summed E-state index contributed by atoms with van der Waals surface area (Å²) in [5, 5.41) is 3.65. The summed E-state index contributed by atoms with van der Waals surface area (Å²) in [5.74, 6) is 1.61. The maximum absolute atomic E-state index is 3.65. The molecule has 0 radical (unpaired) electrons. The van der Waals surface area contributed by atoms with Crippen LogP contribution in [0.15, 0.2) is 0 Å². The van der Waals surface area contributed by atoms with Crippen molar-refractivity contribution in [3.8, 4) is 0 Å². The quantitative estimate of drug-likeness (QED) is 0.575. The van der Waals surface area contributed by atoms with E-state index in [9.17, 15) is 0 Å². The molecule has 0 aromatic carbocycles. The molecular weight excluding hydrogens is 206 g/mol. The maximum Gasteiger partial charge on any atom is 0.000527 e. The van der Waals surface area contributed by atoms with E-state index in [1.165, 1.54) is 38.6 Å². The van der Waals surface area contributed by atoms with Crippen LogP contribution >= 0.6 is 0 Å². The Morgan fingerprint density at radius 2 is 1.65 bits per heavy atom. The summed E-state index contributed by atoms with van der Waals surface area (Å²) in [5.41, 5.74) is 0.512. The molecule has 0 bridgehead atoms. The van der Waals surface area contributed by atoms with Gasteiger partial charge >= 0.3 is 0 Å². The van der Waals surface area contributed by atoms with Gasteiger partial charge in [-0.3, -0.25) is 0 Å². The van der Waals surface area contributed by atoms with Crippen LogP contribution in [0.4, 0.5) is 0 Å². The molecule has 0 fully saturated rings. The SMILES string of the molecule is CCCC(C)(CCCC(C)C)CNCC(C)C. The molecule has 0 aromatic heterocycles. The molecule has 1 nitrogen and oxygen atoms in total. The van der Waals surface area contributed by atoms with Crippen LogP contribution in [0.25, 0.3) is 0 Å². The van der Waals surface area contributed by atoms with Gasteiger partial charge in [0, 0.05) is 6.54 Å². The van der Waals surface area contributed by atoms with Crippen LogP contribution in [0.2, 0.25) is 0 Å². The molecule has 0 rings (SSSR count). The van der Waals surface area contributed by atoms with Crippen LogP contribution in [0.1, 0.15) is 73.6 Å². The second-order valence-electron chi connectivity index (χ2n) is 6.87. The molecular formula is C16H35N. The van der Waals surface area contributed by atoms with Crippen molar-refractivity contribution in [3.63, 3.8) is 0 Å². The predicted molar refractivity (Wildman–Crippen MR) is 79.4 cm³/mol. The lowest BCUT2D eigenvalue weighted by Gasteiger charge is -2.30. The average Bonchev–Trinajstić information content (AvgIpc) is 2.16. The normalized spacial score (nSPS) is 15.5. The van der Waals surface area contributed by atoms with Crippen LogP contribution in [-0.4, -0.2) is 13.1 Å². The van der Waals surface area contributed by atoms with Crippen LogP contribution in [0.3, 0.4) is 0 Å². The molecule has 1 atom stereocenters. The molecule has 0 heterocycles. The molecule has 1 N–H and O–H groups in total. The lowest BCUT2D eigenvalue weighted by atomic mass is 9.80. The Labute approximate surface area is 110 Å². The van der Waals surface area contributed by atoms with Crippen molar-refractivity contribution in [1.82, 2.24) is 5.32 Å². The first-order valence-electron chi connectivity index (χ1n) is 7.60. The first-order valence-corrected chi connectivity index (χ1v) is 7.60. The van der Waals surface area contributed by atoms with Gasteiger partial charge < -0.3 is 5.32 Å². The Kier molecular flexibility index (Phi) is 8.94. The standard InChI is InChI=1S/C16H35N/c1-7-10-16(6,11-8-9-14(2)3)13-17-12-15(4)5/h14-15,17H,7-13H2,1-6H3. The highest BCUT2D eigenvalue weighted by atomic mass is 14.9. The Morgan fingerprint density at radius 3 is 2.12 bits per heavy atom. The van der Waals surface area contributed by atoms with Crippen molar-refractivity contribution in [2.45, 2.75) is 73.6 Å². The van der Waals surface area contributed by atoms with E-state index in [1.807, 2.05) is 0 Å². The van der Waals surface area contributed by atoms with Gasteiger partial charge in [0.15, 0.2) is 0 Å². The Balaban J connectivity index is 3.97. The molecule has 0 saturated heterocycles. The van der Waals surface area contributed by atoms with E-state index in [1.54, 1.807) is 0 Å². The van der Waals surface area contributed by atoms with E-state index in [0.717, 1.165) is 18.4 Å². The Morgan fingerprint density at radius 1 is 1.00 bits per heavy atom. The number of hydrogen-bond acceptors (Lipinski definition) is 1. The average molecular weight is 241 g/mol. The molecule has 0 aliphatic carbocycles. The van der Waals surface area contributed by atoms with Gasteiger partial charge in [-0.1, -0.05) is 60.8 Å². The number of rotatable bonds is 10. The molecule has 0 amide bonds. The summed E-state index contributed by atoms with van der Waals surface area (Å²) in [6.45, 7) is 16.3. The van der Waals surface area contributed by atoms with Gasteiger partial charge in [0.2, 0.25) is 0 Å². The van der Waals surface area contributed by atoms with E-state index >= 15 is 0 Å². The van der Waals surface area contributed by atoms with E-state index < -0.39 is 0 Å². The number of nitrogens with one attached hydrogen (secondary N) is 1. The topological polar surface area (TPSA) is 12.0 Å². The zero-order chi connectivity index (χ0) is 13.3. The Bertz CT molecular complexity index is 158. The molecule has 0 aromatic rings. The van der Waals surface area contributed by atoms with E-state index in [0.29, 0.717) is 5.41 Å². The summed E-state index contributed by atoms with van der Waals surface area (Å²) < 4.78 is 0. The highest BCUT2D eigenvalue weighted by Crippen LogP contribution is 2.29. The molecule has 104 valence electrons. The van der Waals surface area contributed by atoms with Crippen LogP contribution < -0.4 is 5.32 Å². The molecule has 1 heteroatoms. The molecule has 1 unspecified atom stereocenters. The minimum Gasteiger partial charge on any atom is -0.316 e. The fourth-order valence-corrected chi connectivity index (χ4v) is 2.51. The summed E-state index contributed by atoms with van der Waals surface area (Å²) in [7, 11) is 0. The lowest BCUT2D eigenvalue weighted by molar-refractivity contribution is 0.239. The zero-order valence-electron chi connectivity index (χ0n) is 13.1. The third-order valence-electron chi connectivity index (χ3n) is 3.52. The van der Waals surface area contributed by atoms with E-state index in [4.69, 9.17) is 0 Å². The highest BCUT2D eigenvalue weighted by molar-refractivity contribution is 4.77. The first-order chi connectivity index (χ1) is 7.89. The van der Waals surface area contributed by atoms with Crippen molar-refractivity contribution >= 4 is 0 Å².